The third kappa shape index (κ3) is 3.13. The molecule has 3 nitrogen and oxygen atoms in total. The Balaban J connectivity index is 2.26. The van der Waals surface area contributed by atoms with Gasteiger partial charge in [-0.1, -0.05) is 13.0 Å². The smallest absolute Gasteiger partial charge is 0.165 e. The quantitative estimate of drug-likeness (QED) is 0.867. The Morgan fingerprint density at radius 3 is 2.85 bits per heavy atom. The van der Waals surface area contributed by atoms with Crippen LogP contribution in [-0.2, 0) is 0 Å². The van der Waals surface area contributed by atoms with Gasteiger partial charge >= 0.3 is 0 Å². The predicted molar refractivity (Wildman–Crippen MR) is 79.6 cm³/mol. The van der Waals surface area contributed by atoms with E-state index in [0.717, 1.165) is 31.6 Å². The highest BCUT2D eigenvalue weighted by Crippen LogP contribution is 2.38. The first-order valence-electron chi connectivity index (χ1n) is 7.43. The Hall–Kier alpha value is -1.13. The van der Waals surface area contributed by atoms with Crippen molar-refractivity contribution < 1.29 is 9.13 Å². The minimum atomic E-state index is -0.267. The minimum absolute atomic E-state index is 0.267. The predicted octanol–water partition coefficient (Wildman–Crippen LogP) is 2.83. The van der Waals surface area contributed by atoms with Gasteiger partial charge in [0.1, 0.15) is 0 Å². The van der Waals surface area contributed by atoms with E-state index >= 15 is 0 Å². The number of rotatable bonds is 6. The molecule has 0 saturated carbocycles. The second-order valence-electron chi connectivity index (χ2n) is 5.48. The normalized spacial score (nSPS) is 23.2. The third-order valence-corrected chi connectivity index (χ3v) is 4.12. The topological polar surface area (TPSA) is 24.5 Å². The molecule has 1 fully saturated rings. The van der Waals surface area contributed by atoms with Crippen molar-refractivity contribution in [3.8, 4) is 5.75 Å². The summed E-state index contributed by atoms with van der Waals surface area (Å²) in [5, 5.41) is 3.26. The lowest BCUT2D eigenvalue weighted by Gasteiger charge is -2.28. The fourth-order valence-corrected chi connectivity index (χ4v) is 3.29. The maximum Gasteiger partial charge on any atom is 0.165 e. The number of hydrogen-bond acceptors (Lipinski definition) is 3. The number of hydrogen-bond donors (Lipinski definition) is 1. The molecular formula is C16H25FN2O. The van der Waals surface area contributed by atoms with Crippen molar-refractivity contribution in [2.45, 2.75) is 25.8 Å². The van der Waals surface area contributed by atoms with E-state index in [2.05, 4.69) is 17.1 Å². The average molecular weight is 280 g/mol. The summed E-state index contributed by atoms with van der Waals surface area (Å²) in [5.41, 5.74) is 1.06. The zero-order chi connectivity index (χ0) is 14.5. The second-order valence-corrected chi connectivity index (χ2v) is 5.48. The number of methoxy groups -OCH3 is 1. The van der Waals surface area contributed by atoms with Crippen molar-refractivity contribution >= 4 is 0 Å². The number of nitrogens with zero attached hydrogens (tertiary/aromatic N) is 1. The number of halogens is 1. The first kappa shape index (κ1) is 15.3. The Labute approximate surface area is 121 Å². The summed E-state index contributed by atoms with van der Waals surface area (Å²) < 4.78 is 19.0. The molecule has 112 valence electrons. The molecule has 20 heavy (non-hydrogen) atoms. The first-order valence-corrected chi connectivity index (χ1v) is 7.43. The van der Waals surface area contributed by atoms with Gasteiger partial charge in [-0.2, -0.15) is 0 Å². The largest absolute Gasteiger partial charge is 0.494 e. The lowest BCUT2D eigenvalue weighted by molar-refractivity contribution is 0.226. The van der Waals surface area contributed by atoms with E-state index in [4.69, 9.17) is 4.74 Å². The van der Waals surface area contributed by atoms with Crippen molar-refractivity contribution in [1.29, 1.82) is 0 Å². The van der Waals surface area contributed by atoms with Crippen molar-refractivity contribution in [2.24, 2.45) is 5.92 Å². The van der Waals surface area contributed by atoms with E-state index in [9.17, 15) is 4.39 Å². The van der Waals surface area contributed by atoms with Gasteiger partial charge in [0.25, 0.3) is 0 Å². The highest BCUT2D eigenvalue weighted by atomic mass is 19.1. The zero-order valence-electron chi connectivity index (χ0n) is 12.7. The van der Waals surface area contributed by atoms with Gasteiger partial charge in [-0.05, 0) is 63.1 Å². The number of nitrogens with one attached hydrogen (secondary N) is 1. The molecule has 1 aliphatic heterocycles. The van der Waals surface area contributed by atoms with Gasteiger partial charge in [-0.15, -0.1) is 0 Å². The first-order chi connectivity index (χ1) is 9.71. The van der Waals surface area contributed by atoms with E-state index in [0.29, 0.717) is 17.7 Å². The van der Waals surface area contributed by atoms with Crippen LogP contribution in [0.3, 0.4) is 0 Å². The molecule has 2 rings (SSSR count). The summed E-state index contributed by atoms with van der Waals surface area (Å²) >= 11 is 0. The Kier molecular flexibility index (Phi) is 5.38. The molecule has 1 aliphatic rings. The molecule has 1 saturated heterocycles. The number of likely N-dealkylation sites (tertiary alicyclic amines) is 1. The lowest BCUT2D eigenvalue weighted by atomic mass is 9.93. The summed E-state index contributed by atoms with van der Waals surface area (Å²) in [6.07, 6.45) is 2.29. The summed E-state index contributed by atoms with van der Waals surface area (Å²) in [5.74, 6) is 0.592. The van der Waals surface area contributed by atoms with Crippen molar-refractivity contribution in [3.63, 3.8) is 0 Å². The Bertz CT molecular complexity index is 424. The van der Waals surface area contributed by atoms with Gasteiger partial charge in [-0.3, -0.25) is 4.90 Å². The van der Waals surface area contributed by atoms with Crippen LogP contribution in [0.25, 0.3) is 0 Å². The van der Waals surface area contributed by atoms with Crippen molar-refractivity contribution in [1.82, 2.24) is 10.2 Å². The molecule has 1 heterocycles. The molecule has 0 radical (unpaired) electrons. The van der Waals surface area contributed by atoms with Crippen LogP contribution < -0.4 is 10.1 Å². The van der Waals surface area contributed by atoms with Crippen LogP contribution in [0.5, 0.6) is 5.75 Å². The van der Waals surface area contributed by atoms with E-state index < -0.39 is 0 Å². The van der Waals surface area contributed by atoms with Crippen LogP contribution in [0.15, 0.2) is 18.2 Å². The van der Waals surface area contributed by atoms with E-state index in [1.165, 1.54) is 13.5 Å². The lowest BCUT2D eigenvalue weighted by Crippen LogP contribution is -2.29. The summed E-state index contributed by atoms with van der Waals surface area (Å²) in [4.78, 5) is 2.48. The highest BCUT2D eigenvalue weighted by Gasteiger charge is 2.34. The third-order valence-electron chi connectivity index (χ3n) is 4.12. The molecule has 0 amide bonds. The number of benzene rings is 1. The monoisotopic (exact) mass is 280 g/mol. The summed E-state index contributed by atoms with van der Waals surface area (Å²) in [6.45, 7) is 5.33. The molecule has 0 spiro atoms. The SMILES string of the molecule is CCCN1CCC(CNC)C1c1ccc(OC)c(F)c1. The van der Waals surface area contributed by atoms with Gasteiger partial charge in [0.15, 0.2) is 11.6 Å². The summed E-state index contributed by atoms with van der Waals surface area (Å²) in [6, 6.07) is 5.69. The highest BCUT2D eigenvalue weighted by molar-refractivity contribution is 5.32. The molecule has 0 aliphatic carbocycles. The van der Waals surface area contributed by atoms with Crippen LogP contribution >= 0.6 is 0 Å². The molecule has 4 heteroatoms. The van der Waals surface area contributed by atoms with Crippen molar-refractivity contribution in [2.75, 3.05) is 33.8 Å². The van der Waals surface area contributed by atoms with Crippen LogP contribution in [0.2, 0.25) is 0 Å². The minimum Gasteiger partial charge on any atom is -0.494 e. The van der Waals surface area contributed by atoms with Crippen LogP contribution in [0.4, 0.5) is 4.39 Å². The maximum atomic E-state index is 14.0. The Morgan fingerprint density at radius 2 is 2.25 bits per heavy atom. The maximum absolute atomic E-state index is 14.0. The molecule has 0 bridgehead atoms. The molecule has 1 aromatic carbocycles. The molecule has 1 N–H and O–H groups in total. The standard InChI is InChI=1S/C16H25FN2O/c1-4-8-19-9-7-13(11-18-2)16(19)12-5-6-15(20-3)14(17)10-12/h5-6,10,13,16,18H,4,7-9,11H2,1-3H3. The molecule has 2 unspecified atom stereocenters. The van der Waals surface area contributed by atoms with Gasteiger partial charge in [0, 0.05) is 6.04 Å². The van der Waals surface area contributed by atoms with Gasteiger partial charge in [-0.25, -0.2) is 4.39 Å². The zero-order valence-corrected chi connectivity index (χ0v) is 12.7. The molecular weight excluding hydrogens is 255 g/mol. The molecule has 1 aromatic rings. The number of ether oxygens (including phenoxy) is 1. The second kappa shape index (κ2) is 7.04. The van der Waals surface area contributed by atoms with Gasteiger partial charge in [0.05, 0.1) is 7.11 Å². The molecule has 2 atom stereocenters. The fraction of sp³-hybridized carbons (Fsp3) is 0.625. The summed E-state index contributed by atoms with van der Waals surface area (Å²) in [7, 11) is 3.48. The van der Waals surface area contributed by atoms with Crippen LogP contribution in [-0.4, -0.2) is 38.7 Å². The van der Waals surface area contributed by atoms with Crippen LogP contribution in [0.1, 0.15) is 31.4 Å². The van der Waals surface area contributed by atoms with Crippen LogP contribution in [0, 0.1) is 11.7 Å². The van der Waals surface area contributed by atoms with Gasteiger partial charge < -0.3 is 10.1 Å². The molecule has 0 aromatic heterocycles. The van der Waals surface area contributed by atoms with E-state index in [-0.39, 0.29) is 5.82 Å². The van der Waals surface area contributed by atoms with E-state index in [1.54, 1.807) is 12.1 Å². The van der Waals surface area contributed by atoms with Gasteiger partial charge in [0.2, 0.25) is 0 Å². The average Bonchev–Trinajstić information content (AvgIpc) is 2.82. The fourth-order valence-electron chi connectivity index (χ4n) is 3.29. The van der Waals surface area contributed by atoms with Crippen molar-refractivity contribution in [3.05, 3.63) is 29.6 Å². The van der Waals surface area contributed by atoms with E-state index in [1.807, 2.05) is 13.1 Å². The Morgan fingerprint density at radius 1 is 1.45 bits per heavy atom.